The van der Waals surface area contributed by atoms with Crippen LogP contribution in [0.15, 0.2) is 46.9 Å². The van der Waals surface area contributed by atoms with Gasteiger partial charge in [0.2, 0.25) is 0 Å². The number of rotatable bonds is 5. The van der Waals surface area contributed by atoms with Crippen molar-refractivity contribution in [3.8, 4) is 5.75 Å². The Labute approximate surface area is 127 Å². The van der Waals surface area contributed by atoms with Gasteiger partial charge in [-0.05, 0) is 39.7 Å². The van der Waals surface area contributed by atoms with Gasteiger partial charge < -0.3 is 4.74 Å². The highest BCUT2D eigenvalue weighted by Crippen LogP contribution is 2.26. The Balaban J connectivity index is 2.07. The minimum Gasteiger partial charge on any atom is -0.489 e. The van der Waals surface area contributed by atoms with Crippen LogP contribution in [0.3, 0.4) is 0 Å². The molecule has 0 bridgehead atoms. The average molecular weight is 353 g/mol. The second kappa shape index (κ2) is 6.31. The Morgan fingerprint density at radius 1 is 1.00 bits per heavy atom. The van der Waals surface area contributed by atoms with Crippen molar-refractivity contribution < 1.29 is 14.6 Å². The Bertz CT molecular complexity index is 687. The van der Waals surface area contributed by atoms with Gasteiger partial charge in [0.25, 0.3) is 11.4 Å². The second-order valence-electron chi connectivity index (χ2n) is 4.08. The maximum absolute atomic E-state index is 10.8. The van der Waals surface area contributed by atoms with Gasteiger partial charge >= 0.3 is 0 Å². The molecule has 0 unspecified atom stereocenters. The first kappa shape index (κ1) is 14.9. The maximum Gasteiger partial charge on any atom is 0.283 e. The first-order chi connectivity index (χ1) is 9.97. The molecule has 0 aliphatic heterocycles. The smallest absolute Gasteiger partial charge is 0.283 e. The lowest BCUT2D eigenvalue weighted by Gasteiger charge is -2.06. The zero-order valence-electron chi connectivity index (χ0n) is 10.6. The van der Waals surface area contributed by atoms with Crippen LogP contribution < -0.4 is 4.74 Å². The Morgan fingerprint density at radius 2 is 1.67 bits per heavy atom. The van der Waals surface area contributed by atoms with Gasteiger partial charge in [0.1, 0.15) is 12.4 Å². The lowest BCUT2D eigenvalue weighted by Crippen LogP contribution is -1.98. The number of nitro groups is 2. The third-order valence-electron chi connectivity index (χ3n) is 2.66. The first-order valence-electron chi connectivity index (χ1n) is 5.77. The van der Waals surface area contributed by atoms with E-state index in [0.29, 0.717) is 15.8 Å². The van der Waals surface area contributed by atoms with Gasteiger partial charge in [-0.15, -0.1) is 0 Å². The van der Waals surface area contributed by atoms with Crippen molar-refractivity contribution >= 4 is 27.3 Å². The first-order valence-corrected chi connectivity index (χ1v) is 6.57. The van der Waals surface area contributed by atoms with E-state index in [1.54, 1.807) is 12.1 Å². The van der Waals surface area contributed by atoms with Crippen LogP contribution in [0, 0.1) is 20.2 Å². The molecule has 0 atom stereocenters. The summed E-state index contributed by atoms with van der Waals surface area (Å²) in [6.07, 6.45) is 0. The summed E-state index contributed by atoms with van der Waals surface area (Å²) in [5.41, 5.74) is 0.560. The van der Waals surface area contributed by atoms with Crippen LogP contribution in [0.25, 0.3) is 0 Å². The molecule has 0 fully saturated rings. The molecule has 0 saturated carbocycles. The van der Waals surface area contributed by atoms with Crippen molar-refractivity contribution in [2.75, 3.05) is 0 Å². The van der Waals surface area contributed by atoms with E-state index in [0.717, 1.165) is 0 Å². The predicted octanol–water partition coefficient (Wildman–Crippen LogP) is 3.84. The zero-order chi connectivity index (χ0) is 15.4. The molecule has 0 N–H and O–H groups in total. The molecule has 0 aromatic heterocycles. The number of hydrogen-bond acceptors (Lipinski definition) is 5. The van der Waals surface area contributed by atoms with E-state index >= 15 is 0 Å². The van der Waals surface area contributed by atoms with Crippen LogP contribution in [0.5, 0.6) is 5.75 Å². The fourth-order valence-electron chi connectivity index (χ4n) is 1.62. The van der Waals surface area contributed by atoms with Gasteiger partial charge in [-0.2, -0.15) is 0 Å². The summed E-state index contributed by atoms with van der Waals surface area (Å²) in [5.74, 6) is 0.450. The van der Waals surface area contributed by atoms with Crippen molar-refractivity contribution in [3.63, 3.8) is 0 Å². The van der Waals surface area contributed by atoms with Crippen LogP contribution >= 0.6 is 15.9 Å². The summed E-state index contributed by atoms with van der Waals surface area (Å²) >= 11 is 3.10. The van der Waals surface area contributed by atoms with Crippen molar-refractivity contribution in [1.29, 1.82) is 0 Å². The van der Waals surface area contributed by atoms with E-state index in [9.17, 15) is 20.2 Å². The molecular formula is C13H9BrN2O5. The van der Waals surface area contributed by atoms with Crippen LogP contribution in [-0.2, 0) is 6.61 Å². The number of nitrogens with zero attached hydrogens (tertiary/aromatic N) is 2. The second-order valence-corrected chi connectivity index (χ2v) is 4.94. The number of ether oxygens (including phenoxy) is 1. The zero-order valence-corrected chi connectivity index (χ0v) is 12.1. The van der Waals surface area contributed by atoms with E-state index < -0.39 is 9.85 Å². The highest BCUT2D eigenvalue weighted by Gasteiger charge is 2.12. The summed E-state index contributed by atoms with van der Waals surface area (Å²) in [6, 6.07) is 10.3. The monoisotopic (exact) mass is 352 g/mol. The summed E-state index contributed by atoms with van der Waals surface area (Å²) in [5, 5.41) is 21.3. The lowest BCUT2D eigenvalue weighted by molar-refractivity contribution is -0.385. The van der Waals surface area contributed by atoms with E-state index in [-0.39, 0.29) is 18.0 Å². The van der Waals surface area contributed by atoms with Gasteiger partial charge in [-0.1, -0.05) is 6.07 Å². The molecule has 21 heavy (non-hydrogen) atoms. The normalized spacial score (nSPS) is 10.1. The number of benzene rings is 2. The molecule has 0 aliphatic carbocycles. The van der Waals surface area contributed by atoms with Crippen molar-refractivity contribution in [2.45, 2.75) is 6.61 Å². The third kappa shape index (κ3) is 3.76. The maximum atomic E-state index is 10.8. The number of non-ortho nitro benzene ring substituents is 1. The van der Waals surface area contributed by atoms with Crippen molar-refractivity contribution in [3.05, 3.63) is 72.7 Å². The molecule has 8 heteroatoms. The predicted molar refractivity (Wildman–Crippen MR) is 78.2 cm³/mol. The van der Waals surface area contributed by atoms with E-state index in [1.807, 2.05) is 0 Å². The molecule has 7 nitrogen and oxygen atoms in total. The van der Waals surface area contributed by atoms with Gasteiger partial charge in [-0.3, -0.25) is 20.2 Å². The molecule has 2 aromatic carbocycles. The molecule has 0 saturated heterocycles. The van der Waals surface area contributed by atoms with E-state index in [1.165, 1.54) is 30.3 Å². The fourth-order valence-corrected chi connectivity index (χ4v) is 2.01. The Hall–Kier alpha value is -2.48. The van der Waals surface area contributed by atoms with Gasteiger partial charge in [0, 0.05) is 18.2 Å². The van der Waals surface area contributed by atoms with E-state index in [4.69, 9.17) is 4.74 Å². The summed E-state index contributed by atoms with van der Waals surface area (Å²) in [4.78, 5) is 20.4. The molecular weight excluding hydrogens is 344 g/mol. The highest BCUT2D eigenvalue weighted by atomic mass is 79.9. The molecule has 2 rings (SSSR count). The van der Waals surface area contributed by atoms with Crippen LogP contribution in [0.2, 0.25) is 0 Å². The van der Waals surface area contributed by atoms with Crippen LogP contribution in [0.1, 0.15) is 5.56 Å². The fraction of sp³-hybridized carbons (Fsp3) is 0.0769. The summed E-state index contributed by atoms with van der Waals surface area (Å²) in [7, 11) is 0. The molecule has 108 valence electrons. The number of nitro benzene ring substituents is 2. The number of halogens is 1. The molecule has 0 radical (unpaired) electrons. The molecule has 2 aromatic rings. The highest BCUT2D eigenvalue weighted by molar-refractivity contribution is 9.10. The third-order valence-corrected chi connectivity index (χ3v) is 3.33. The average Bonchev–Trinajstić information content (AvgIpc) is 2.46. The van der Waals surface area contributed by atoms with E-state index in [2.05, 4.69) is 15.9 Å². The summed E-state index contributed by atoms with van der Waals surface area (Å²) in [6.45, 7) is 0.131. The standard InChI is InChI=1S/C13H9BrN2O5/c14-12-6-1-9(7-13(12)16(19)20)8-21-11-4-2-10(3-5-11)15(17)18/h1-7H,8H2. The Morgan fingerprint density at radius 3 is 2.24 bits per heavy atom. The van der Waals surface area contributed by atoms with Crippen molar-refractivity contribution in [1.82, 2.24) is 0 Å². The lowest BCUT2D eigenvalue weighted by atomic mass is 10.2. The molecule has 0 amide bonds. The van der Waals surface area contributed by atoms with Gasteiger partial charge in [0.15, 0.2) is 0 Å². The van der Waals surface area contributed by atoms with Crippen LogP contribution in [0.4, 0.5) is 11.4 Å². The topological polar surface area (TPSA) is 95.5 Å². The minimum atomic E-state index is -0.498. The summed E-state index contributed by atoms with van der Waals surface area (Å²) < 4.78 is 5.84. The largest absolute Gasteiger partial charge is 0.489 e. The van der Waals surface area contributed by atoms with Crippen LogP contribution in [-0.4, -0.2) is 9.85 Å². The molecule has 0 heterocycles. The number of hydrogen-bond donors (Lipinski definition) is 0. The van der Waals surface area contributed by atoms with Gasteiger partial charge in [0.05, 0.1) is 14.3 Å². The minimum absolute atomic E-state index is 0.0263. The van der Waals surface area contributed by atoms with Gasteiger partial charge in [-0.25, -0.2) is 0 Å². The molecule has 0 aliphatic rings. The van der Waals surface area contributed by atoms with Crippen molar-refractivity contribution in [2.24, 2.45) is 0 Å². The molecule has 0 spiro atoms. The Kier molecular flexibility index (Phi) is 4.49. The SMILES string of the molecule is O=[N+]([O-])c1ccc(OCc2ccc(Br)c([N+](=O)[O-])c2)cc1. The quantitative estimate of drug-likeness (QED) is 0.601.